The minimum absolute atomic E-state index is 0.111. The van der Waals surface area contributed by atoms with E-state index in [2.05, 4.69) is 42.6 Å². The minimum atomic E-state index is 0.111. The van der Waals surface area contributed by atoms with Gasteiger partial charge in [-0.25, -0.2) is 0 Å². The van der Waals surface area contributed by atoms with E-state index < -0.39 is 0 Å². The number of hydrogen-bond acceptors (Lipinski definition) is 3. The van der Waals surface area contributed by atoms with Crippen LogP contribution in [0.5, 0.6) is 5.75 Å². The van der Waals surface area contributed by atoms with Crippen LogP contribution in [-0.2, 0) is 0 Å². The zero-order valence-electron chi connectivity index (χ0n) is 11.9. The van der Waals surface area contributed by atoms with Crippen molar-refractivity contribution in [3.63, 3.8) is 0 Å². The molecule has 104 valence electrons. The van der Waals surface area contributed by atoms with E-state index in [1.165, 1.54) is 16.7 Å². The number of benzene rings is 2. The van der Waals surface area contributed by atoms with E-state index in [-0.39, 0.29) is 12.1 Å². The van der Waals surface area contributed by atoms with Crippen LogP contribution in [0, 0.1) is 6.92 Å². The first-order valence-corrected chi connectivity index (χ1v) is 6.94. The first-order chi connectivity index (χ1) is 9.69. The standard InChI is InChI=1S/C17H20N2O/c1-11-7-8-15(17(9-11)20-2)19-16-10-14(18)12-5-3-4-6-13(12)16/h3-9,14,16,19H,10,18H2,1-2H3. The summed E-state index contributed by atoms with van der Waals surface area (Å²) in [7, 11) is 1.70. The molecule has 20 heavy (non-hydrogen) atoms. The topological polar surface area (TPSA) is 47.3 Å². The summed E-state index contributed by atoms with van der Waals surface area (Å²) < 4.78 is 5.46. The zero-order valence-corrected chi connectivity index (χ0v) is 11.9. The molecule has 3 N–H and O–H groups in total. The predicted octanol–water partition coefficient (Wildman–Crippen LogP) is 3.56. The third kappa shape index (κ3) is 2.25. The third-order valence-electron chi connectivity index (χ3n) is 3.95. The molecule has 0 amide bonds. The van der Waals surface area contributed by atoms with Crippen molar-refractivity contribution in [2.45, 2.75) is 25.4 Å². The van der Waals surface area contributed by atoms with Crippen molar-refractivity contribution in [1.82, 2.24) is 0 Å². The van der Waals surface area contributed by atoms with Crippen LogP contribution < -0.4 is 15.8 Å². The number of nitrogens with two attached hydrogens (primary N) is 1. The van der Waals surface area contributed by atoms with Crippen molar-refractivity contribution in [3.05, 3.63) is 59.2 Å². The van der Waals surface area contributed by atoms with Crippen molar-refractivity contribution in [2.75, 3.05) is 12.4 Å². The highest BCUT2D eigenvalue weighted by Gasteiger charge is 2.28. The van der Waals surface area contributed by atoms with Gasteiger partial charge in [-0.15, -0.1) is 0 Å². The molecule has 0 fully saturated rings. The Balaban J connectivity index is 1.90. The Morgan fingerprint density at radius 3 is 2.65 bits per heavy atom. The number of rotatable bonds is 3. The summed E-state index contributed by atoms with van der Waals surface area (Å²) in [5.41, 5.74) is 11.0. The van der Waals surface area contributed by atoms with E-state index >= 15 is 0 Å². The monoisotopic (exact) mass is 268 g/mol. The van der Waals surface area contributed by atoms with E-state index in [1.807, 2.05) is 12.1 Å². The Morgan fingerprint density at radius 2 is 1.90 bits per heavy atom. The maximum atomic E-state index is 6.21. The van der Waals surface area contributed by atoms with Crippen LogP contribution >= 0.6 is 0 Å². The molecule has 2 aromatic rings. The first-order valence-electron chi connectivity index (χ1n) is 6.94. The molecule has 2 unspecified atom stereocenters. The summed E-state index contributed by atoms with van der Waals surface area (Å²) in [4.78, 5) is 0. The van der Waals surface area contributed by atoms with Gasteiger partial charge in [0.25, 0.3) is 0 Å². The van der Waals surface area contributed by atoms with Gasteiger partial charge in [-0.05, 0) is 42.2 Å². The zero-order chi connectivity index (χ0) is 14.1. The molecule has 3 heteroatoms. The van der Waals surface area contributed by atoms with Gasteiger partial charge in [0, 0.05) is 6.04 Å². The van der Waals surface area contributed by atoms with Crippen molar-refractivity contribution in [2.24, 2.45) is 5.73 Å². The smallest absolute Gasteiger partial charge is 0.142 e. The number of fused-ring (bicyclic) bond motifs is 1. The number of anilines is 1. The van der Waals surface area contributed by atoms with Crippen LogP contribution in [0.3, 0.4) is 0 Å². The molecule has 0 aliphatic heterocycles. The van der Waals surface area contributed by atoms with Crippen molar-refractivity contribution < 1.29 is 4.74 Å². The maximum absolute atomic E-state index is 6.21. The van der Waals surface area contributed by atoms with Gasteiger partial charge in [0.05, 0.1) is 18.8 Å². The second-order valence-electron chi connectivity index (χ2n) is 5.37. The van der Waals surface area contributed by atoms with Crippen LogP contribution in [-0.4, -0.2) is 7.11 Å². The van der Waals surface area contributed by atoms with Crippen LogP contribution in [0.25, 0.3) is 0 Å². The Labute approximate surface area is 119 Å². The highest BCUT2D eigenvalue weighted by molar-refractivity contribution is 5.59. The number of methoxy groups -OCH3 is 1. The van der Waals surface area contributed by atoms with E-state index in [0.717, 1.165) is 17.9 Å². The van der Waals surface area contributed by atoms with E-state index in [1.54, 1.807) is 7.11 Å². The Bertz CT molecular complexity index is 624. The van der Waals surface area contributed by atoms with Gasteiger partial charge in [0.1, 0.15) is 5.75 Å². The average molecular weight is 268 g/mol. The third-order valence-corrected chi connectivity index (χ3v) is 3.95. The molecule has 1 aliphatic rings. The molecule has 1 aliphatic carbocycles. The highest BCUT2D eigenvalue weighted by atomic mass is 16.5. The number of ether oxygens (including phenoxy) is 1. The average Bonchev–Trinajstić information content (AvgIpc) is 2.78. The molecule has 3 nitrogen and oxygen atoms in total. The Morgan fingerprint density at radius 1 is 1.15 bits per heavy atom. The second-order valence-corrected chi connectivity index (χ2v) is 5.37. The summed E-state index contributed by atoms with van der Waals surface area (Å²) in [6.45, 7) is 2.06. The normalized spacial score (nSPS) is 20.6. The predicted molar refractivity (Wildman–Crippen MR) is 82.1 cm³/mol. The summed E-state index contributed by atoms with van der Waals surface area (Å²) in [5.74, 6) is 0.878. The molecule has 0 saturated heterocycles. The summed E-state index contributed by atoms with van der Waals surface area (Å²) in [6, 6.07) is 15.0. The molecule has 0 radical (unpaired) electrons. The van der Waals surface area contributed by atoms with Crippen molar-refractivity contribution >= 4 is 5.69 Å². The van der Waals surface area contributed by atoms with Gasteiger partial charge in [-0.1, -0.05) is 30.3 Å². The minimum Gasteiger partial charge on any atom is -0.495 e. The van der Waals surface area contributed by atoms with Crippen LogP contribution in [0.4, 0.5) is 5.69 Å². The summed E-state index contributed by atoms with van der Waals surface area (Å²) >= 11 is 0. The van der Waals surface area contributed by atoms with Crippen LogP contribution in [0.15, 0.2) is 42.5 Å². The van der Waals surface area contributed by atoms with E-state index in [0.29, 0.717) is 0 Å². The van der Waals surface area contributed by atoms with Gasteiger partial charge < -0.3 is 15.8 Å². The fourth-order valence-corrected chi connectivity index (χ4v) is 2.92. The molecular formula is C17H20N2O. The van der Waals surface area contributed by atoms with Crippen molar-refractivity contribution in [1.29, 1.82) is 0 Å². The molecule has 2 atom stereocenters. The largest absolute Gasteiger partial charge is 0.495 e. The Kier molecular flexibility index (Phi) is 3.36. The first kappa shape index (κ1) is 13.0. The molecule has 0 heterocycles. The molecule has 2 aromatic carbocycles. The van der Waals surface area contributed by atoms with Crippen molar-refractivity contribution in [3.8, 4) is 5.75 Å². The number of hydrogen-bond donors (Lipinski definition) is 2. The van der Waals surface area contributed by atoms with E-state index in [9.17, 15) is 0 Å². The molecule has 0 spiro atoms. The van der Waals surface area contributed by atoms with Crippen LogP contribution in [0.2, 0.25) is 0 Å². The van der Waals surface area contributed by atoms with Gasteiger partial charge >= 0.3 is 0 Å². The quantitative estimate of drug-likeness (QED) is 0.894. The SMILES string of the molecule is COc1cc(C)ccc1NC1CC(N)c2ccccc21. The second kappa shape index (κ2) is 5.17. The van der Waals surface area contributed by atoms with E-state index in [4.69, 9.17) is 10.5 Å². The lowest BCUT2D eigenvalue weighted by atomic mass is 10.1. The van der Waals surface area contributed by atoms with Gasteiger partial charge in [0.15, 0.2) is 0 Å². The van der Waals surface area contributed by atoms with Gasteiger partial charge in [-0.2, -0.15) is 0 Å². The fourth-order valence-electron chi connectivity index (χ4n) is 2.92. The molecule has 0 bridgehead atoms. The van der Waals surface area contributed by atoms with Gasteiger partial charge in [-0.3, -0.25) is 0 Å². The number of aryl methyl sites for hydroxylation is 1. The highest BCUT2D eigenvalue weighted by Crippen LogP contribution is 2.40. The lowest BCUT2D eigenvalue weighted by Crippen LogP contribution is -2.10. The summed E-state index contributed by atoms with van der Waals surface area (Å²) in [6.07, 6.45) is 0.913. The molecule has 0 aromatic heterocycles. The Hall–Kier alpha value is -2.00. The maximum Gasteiger partial charge on any atom is 0.142 e. The fraction of sp³-hybridized carbons (Fsp3) is 0.294. The number of nitrogens with one attached hydrogen (secondary N) is 1. The summed E-state index contributed by atoms with van der Waals surface area (Å²) in [5, 5.41) is 3.57. The van der Waals surface area contributed by atoms with Crippen LogP contribution in [0.1, 0.15) is 35.2 Å². The lowest BCUT2D eigenvalue weighted by molar-refractivity contribution is 0.415. The lowest BCUT2D eigenvalue weighted by Gasteiger charge is -2.18. The molecular weight excluding hydrogens is 248 g/mol. The van der Waals surface area contributed by atoms with Gasteiger partial charge in [0.2, 0.25) is 0 Å². The molecule has 3 rings (SSSR count). The molecule has 0 saturated carbocycles.